The highest BCUT2D eigenvalue weighted by molar-refractivity contribution is 5.75. The van der Waals surface area contributed by atoms with Crippen LogP contribution >= 0.6 is 0 Å². The van der Waals surface area contributed by atoms with Gasteiger partial charge in [-0.2, -0.15) is 5.26 Å². The van der Waals surface area contributed by atoms with Gasteiger partial charge in [-0.3, -0.25) is 9.69 Å². The second kappa shape index (κ2) is 9.90. The summed E-state index contributed by atoms with van der Waals surface area (Å²) in [5.74, 6) is 1.19. The van der Waals surface area contributed by atoms with Gasteiger partial charge in [0.1, 0.15) is 0 Å². The highest BCUT2D eigenvalue weighted by atomic mass is 16.5. The third-order valence-corrected chi connectivity index (χ3v) is 4.54. The third-order valence-electron chi connectivity index (χ3n) is 4.54. The van der Waals surface area contributed by atoms with Crippen molar-refractivity contribution in [3.63, 3.8) is 0 Å². The van der Waals surface area contributed by atoms with Crippen LogP contribution in [-0.2, 0) is 4.79 Å². The van der Waals surface area contributed by atoms with Gasteiger partial charge in [-0.05, 0) is 44.5 Å². The third kappa shape index (κ3) is 5.64. The van der Waals surface area contributed by atoms with Gasteiger partial charge in [-0.1, -0.05) is 6.92 Å². The van der Waals surface area contributed by atoms with E-state index < -0.39 is 0 Å². The first-order chi connectivity index (χ1) is 12.2. The molecule has 1 saturated heterocycles. The van der Waals surface area contributed by atoms with E-state index in [1.54, 1.807) is 25.3 Å². The number of amides is 1. The Morgan fingerprint density at radius 2 is 2.28 bits per heavy atom. The van der Waals surface area contributed by atoms with Gasteiger partial charge >= 0.3 is 0 Å². The van der Waals surface area contributed by atoms with Crippen molar-refractivity contribution in [1.29, 1.82) is 5.26 Å². The minimum absolute atomic E-state index is 0.0679. The fraction of sp³-hybridized carbons (Fsp3) is 0.579. The summed E-state index contributed by atoms with van der Waals surface area (Å²) in [6.07, 6.45) is 3.46. The quantitative estimate of drug-likeness (QED) is 0.695. The molecule has 0 saturated carbocycles. The van der Waals surface area contributed by atoms with Crippen molar-refractivity contribution in [3.05, 3.63) is 23.8 Å². The number of likely N-dealkylation sites (tertiary alicyclic amines) is 1. The van der Waals surface area contributed by atoms with Crippen LogP contribution in [0.3, 0.4) is 0 Å². The fourth-order valence-electron chi connectivity index (χ4n) is 3.13. The molecule has 25 heavy (non-hydrogen) atoms. The molecule has 0 unspecified atom stereocenters. The molecular formula is C19H27N3O3. The highest BCUT2D eigenvalue weighted by Gasteiger charge is 2.22. The molecule has 2 rings (SSSR count). The maximum atomic E-state index is 12.0. The molecule has 0 aliphatic carbocycles. The summed E-state index contributed by atoms with van der Waals surface area (Å²) in [5, 5.41) is 11.9. The first-order valence-corrected chi connectivity index (χ1v) is 8.89. The van der Waals surface area contributed by atoms with Crippen LogP contribution in [0.4, 0.5) is 0 Å². The maximum Gasteiger partial charge on any atom is 0.220 e. The lowest BCUT2D eigenvalue weighted by molar-refractivity contribution is -0.121. The lowest BCUT2D eigenvalue weighted by Crippen LogP contribution is -2.40. The zero-order valence-corrected chi connectivity index (χ0v) is 15.1. The van der Waals surface area contributed by atoms with E-state index in [-0.39, 0.29) is 5.91 Å². The Labute approximate surface area is 149 Å². The lowest BCUT2D eigenvalue weighted by atomic mass is 10.2. The van der Waals surface area contributed by atoms with E-state index in [2.05, 4.69) is 23.2 Å². The summed E-state index contributed by atoms with van der Waals surface area (Å²) in [6.45, 7) is 5.50. The highest BCUT2D eigenvalue weighted by Crippen LogP contribution is 2.27. The van der Waals surface area contributed by atoms with Crippen LogP contribution in [0.15, 0.2) is 18.2 Å². The summed E-state index contributed by atoms with van der Waals surface area (Å²) in [6, 6.07) is 7.59. The van der Waals surface area contributed by atoms with E-state index in [0.29, 0.717) is 42.6 Å². The Morgan fingerprint density at radius 3 is 3.00 bits per heavy atom. The summed E-state index contributed by atoms with van der Waals surface area (Å²) in [4.78, 5) is 14.4. The second-order valence-corrected chi connectivity index (χ2v) is 6.16. The zero-order valence-electron chi connectivity index (χ0n) is 15.1. The number of hydrogen-bond acceptors (Lipinski definition) is 5. The van der Waals surface area contributed by atoms with Gasteiger partial charge in [0.15, 0.2) is 11.5 Å². The Balaban J connectivity index is 1.67. The largest absolute Gasteiger partial charge is 0.493 e. The minimum Gasteiger partial charge on any atom is -0.493 e. The van der Waals surface area contributed by atoms with Gasteiger partial charge in [0.2, 0.25) is 5.91 Å². The molecule has 6 nitrogen and oxygen atoms in total. The summed E-state index contributed by atoms with van der Waals surface area (Å²) < 4.78 is 10.9. The van der Waals surface area contributed by atoms with Crippen molar-refractivity contribution in [2.75, 3.05) is 33.4 Å². The van der Waals surface area contributed by atoms with Gasteiger partial charge in [-0.25, -0.2) is 0 Å². The predicted octanol–water partition coefficient (Wildman–Crippen LogP) is 2.33. The van der Waals surface area contributed by atoms with E-state index in [9.17, 15) is 4.79 Å². The first kappa shape index (κ1) is 19.1. The summed E-state index contributed by atoms with van der Waals surface area (Å²) in [7, 11) is 1.54. The number of nitrogens with zero attached hydrogens (tertiary/aromatic N) is 2. The van der Waals surface area contributed by atoms with Crippen molar-refractivity contribution in [2.45, 2.75) is 38.6 Å². The Bertz CT molecular complexity index is 612. The van der Waals surface area contributed by atoms with Crippen LogP contribution < -0.4 is 14.8 Å². The molecule has 1 fully saturated rings. The average molecular weight is 345 g/mol. The molecule has 1 amide bonds. The molecule has 1 aliphatic rings. The maximum absolute atomic E-state index is 12.0. The van der Waals surface area contributed by atoms with Gasteiger partial charge in [0.05, 0.1) is 25.3 Å². The van der Waals surface area contributed by atoms with Crippen LogP contribution in [0.2, 0.25) is 0 Å². The molecule has 6 heteroatoms. The molecule has 0 radical (unpaired) electrons. The molecule has 1 atom stereocenters. The zero-order chi connectivity index (χ0) is 18.1. The number of ether oxygens (including phenoxy) is 2. The van der Waals surface area contributed by atoms with Crippen LogP contribution in [0.25, 0.3) is 0 Å². The first-order valence-electron chi connectivity index (χ1n) is 8.89. The average Bonchev–Trinajstić information content (AvgIpc) is 3.11. The predicted molar refractivity (Wildman–Crippen MR) is 95.7 cm³/mol. The molecular weight excluding hydrogens is 318 g/mol. The van der Waals surface area contributed by atoms with Gasteiger partial charge in [-0.15, -0.1) is 0 Å². The standard InChI is InChI=1S/C19H27N3O3/c1-3-22-10-4-6-16(22)14-21-19(23)7-5-11-25-17-9-8-15(13-20)12-18(17)24-2/h8-9,12,16H,3-7,10-11,14H2,1-2H3,(H,21,23)/t16-/m1/s1. The molecule has 1 aromatic rings. The number of methoxy groups -OCH3 is 1. The van der Waals surface area contributed by atoms with Crippen molar-refractivity contribution >= 4 is 5.91 Å². The van der Waals surface area contributed by atoms with Gasteiger partial charge < -0.3 is 14.8 Å². The Hall–Kier alpha value is -2.26. The summed E-state index contributed by atoms with van der Waals surface area (Å²) in [5.41, 5.74) is 0.525. The van der Waals surface area contributed by atoms with E-state index in [1.165, 1.54) is 6.42 Å². The Kier molecular flexibility index (Phi) is 7.55. The number of rotatable bonds is 9. The molecule has 0 spiro atoms. The minimum atomic E-state index is 0.0679. The normalized spacial score (nSPS) is 17.1. The van der Waals surface area contributed by atoms with Crippen LogP contribution in [0.5, 0.6) is 11.5 Å². The number of carbonyl (C=O) groups excluding carboxylic acids is 1. The molecule has 0 aromatic heterocycles. The molecule has 1 aromatic carbocycles. The smallest absolute Gasteiger partial charge is 0.220 e. The SMILES string of the molecule is CCN1CCC[C@@H]1CNC(=O)CCCOc1ccc(C#N)cc1OC. The number of carbonyl (C=O) groups is 1. The molecule has 1 N–H and O–H groups in total. The van der Waals surface area contributed by atoms with E-state index >= 15 is 0 Å². The summed E-state index contributed by atoms with van der Waals surface area (Å²) >= 11 is 0. The Morgan fingerprint density at radius 1 is 1.44 bits per heavy atom. The van der Waals surface area contributed by atoms with Crippen molar-refractivity contribution in [2.24, 2.45) is 0 Å². The van der Waals surface area contributed by atoms with Crippen LogP contribution in [-0.4, -0.2) is 50.2 Å². The molecule has 136 valence electrons. The van der Waals surface area contributed by atoms with Crippen molar-refractivity contribution < 1.29 is 14.3 Å². The lowest BCUT2D eigenvalue weighted by Gasteiger charge is -2.22. The van der Waals surface area contributed by atoms with Crippen LogP contribution in [0.1, 0.15) is 38.2 Å². The number of likely N-dealkylation sites (N-methyl/N-ethyl adjacent to an activating group) is 1. The number of benzene rings is 1. The van der Waals surface area contributed by atoms with E-state index in [0.717, 1.165) is 26.1 Å². The number of hydrogen-bond donors (Lipinski definition) is 1. The molecule has 0 bridgehead atoms. The second-order valence-electron chi connectivity index (χ2n) is 6.16. The van der Waals surface area contributed by atoms with Crippen molar-refractivity contribution in [3.8, 4) is 17.6 Å². The number of nitriles is 1. The van der Waals surface area contributed by atoms with Gasteiger partial charge in [0.25, 0.3) is 0 Å². The fourth-order valence-corrected chi connectivity index (χ4v) is 3.13. The number of nitrogens with one attached hydrogen (secondary N) is 1. The molecule has 1 heterocycles. The van der Waals surface area contributed by atoms with Gasteiger partial charge in [0, 0.05) is 25.1 Å². The van der Waals surface area contributed by atoms with Crippen molar-refractivity contribution in [1.82, 2.24) is 10.2 Å². The topological polar surface area (TPSA) is 74.6 Å². The monoisotopic (exact) mass is 345 g/mol. The molecule has 1 aliphatic heterocycles. The van der Waals surface area contributed by atoms with E-state index in [1.807, 2.05) is 0 Å². The van der Waals surface area contributed by atoms with E-state index in [4.69, 9.17) is 14.7 Å². The van der Waals surface area contributed by atoms with Crippen LogP contribution in [0, 0.1) is 11.3 Å².